The largest absolute Gasteiger partial charge is 0.497 e. The number of methoxy groups -OCH3 is 2. The molecule has 45 heavy (non-hydrogen) atoms. The number of aliphatic carboxylic acids is 1. The summed E-state index contributed by atoms with van der Waals surface area (Å²) < 4.78 is 20.8. The Balaban J connectivity index is 1.57. The number of carbonyl (C=O) groups is 4. The number of carboxylic acids is 1. The molecule has 0 heterocycles. The Hall–Kier alpha value is -6.04. The van der Waals surface area contributed by atoms with E-state index in [4.69, 9.17) is 18.9 Å². The van der Waals surface area contributed by atoms with Gasteiger partial charge in [-0.15, -0.1) is 0 Å². The van der Waals surface area contributed by atoms with E-state index in [-0.39, 0.29) is 16.8 Å². The lowest BCUT2D eigenvalue weighted by atomic mass is 10.1. The van der Waals surface area contributed by atoms with E-state index < -0.39 is 36.0 Å². The molecule has 4 aromatic rings. The van der Waals surface area contributed by atoms with Gasteiger partial charge in [0.25, 0.3) is 5.91 Å². The Bertz CT molecular complexity index is 1700. The number of azo groups is 1. The third-order valence-electron chi connectivity index (χ3n) is 6.31. The fraction of sp³-hybridized carbons (Fsp3) is 0.152. The third kappa shape index (κ3) is 8.74. The lowest BCUT2D eigenvalue weighted by Crippen LogP contribution is -2.48. The number of hydrogen-bond donors (Lipinski definition) is 2. The first kappa shape index (κ1) is 31.9. The number of carbonyl (C=O) groups excluding carboxylic acids is 3. The summed E-state index contributed by atoms with van der Waals surface area (Å²) in [6.07, 6.45) is -4.32. The van der Waals surface area contributed by atoms with Gasteiger partial charge in [0, 0.05) is 5.69 Å². The van der Waals surface area contributed by atoms with Crippen LogP contribution in [-0.2, 0) is 19.1 Å². The molecule has 0 fully saturated rings. The monoisotopic (exact) mass is 611 g/mol. The maximum atomic E-state index is 13.5. The minimum Gasteiger partial charge on any atom is -0.497 e. The van der Waals surface area contributed by atoms with Crippen LogP contribution in [0.15, 0.2) is 107 Å². The van der Waals surface area contributed by atoms with Crippen LogP contribution in [0.3, 0.4) is 0 Å². The molecule has 0 radical (unpaired) electrons. The molecule has 4 aromatic carbocycles. The van der Waals surface area contributed by atoms with E-state index in [9.17, 15) is 24.3 Å². The molecule has 230 valence electrons. The molecule has 0 unspecified atom stereocenters. The van der Waals surface area contributed by atoms with Crippen molar-refractivity contribution >= 4 is 40.9 Å². The van der Waals surface area contributed by atoms with Crippen LogP contribution in [0.2, 0.25) is 0 Å². The second-order valence-electron chi connectivity index (χ2n) is 9.53. The smallest absolute Gasteiger partial charge is 0.349 e. The van der Waals surface area contributed by atoms with Gasteiger partial charge in [-0.05, 0) is 79.7 Å². The second-order valence-corrected chi connectivity index (χ2v) is 9.53. The maximum Gasteiger partial charge on any atom is 0.349 e. The summed E-state index contributed by atoms with van der Waals surface area (Å²) in [6.45, 7) is 1.96. The SMILES string of the molecule is COc1cccc(C(=O)O[C@H](C(=O)Nc2ccc(N=Nc3ccc(C)cc3)cc2)[C@@H](OC(=O)c2cccc(OC)c2)C(=O)O)c1. The van der Waals surface area contributed by atoms with Crippen molar-refractivity contribution in [1.29, 1.82) is 0 Å². The Kier molecular flexibility index (Phi) is 10.6. The number of ether oxygens (including phenoxy) is 4. The van der Waals surface area contributed by atoms with Crippen molar-refractivity contribution in [2.24, 2.45) is 10.2 Å². The number of esters is 2. The fourth-order valence-electron chi connectivity index (χ4n) is 3.91. The number of carboxylic acid groups (broad SMARTS) is 1. The predicted molar refractivity (Wildman–Crippen MR) is 162 cm³/mol. The van der Waals surface area contributed by atoms with Gasteiger partial charge < -0.3 is 29.4 Å². The number of amides is 1. The summed E-state index contributed by atoms with van der Waals surface area (Å²) in [4.78, 5) is 51.8. The van der Waals surface area contributed by atoms with Gasteiger partial charge in [-0.2, -0.15) is 10.2 Å². The number of hydrogen-bond acceptors (Lipinski definition) is 10. The van der Waals surface area contributed by atoms with Crippen molar-refractivity contribution in [1.82, 2.24) is 0 Å². The fourth-order valence-corrected chi connectivity index (χ4v) is 3.91. The van der Waals surface area contributed by atoms with Gasteiger partial charge in [0.1, 0.15) is 11.5 Å². The Morgan fingerprint density at radius 2 is 1.13 bits per heavy atom. The molecule has 0 aliphatic heterocycles. The van der Waals surface area contributed by atoms with E-state index in [1.807, 2.05) is 31.2 Å². The maximum absolute atomic E-state index is 13.5. The highest BCUT2D eigenvalue weighted by Crippen LogP contribution is 2.23. The molecule has 0 aromatic heterocycles. The molecule has 2 atom stereocenters. The first-order chi connectivity index (χ1) is 21.7. The molecular formula is C33H29N3O9. The van der Waals surface area contributed by atoms with E-state index in [0.29, 0.717) is 22.9 Å². The van der Waals surface area contributed by atoms with E-state index in [1.54, 1.807) is 24.3 Å². The minimum atomic E-state index is -2.22. The standard InChI is InChI=1S/C33H29N3O9/c1-20-10-12-24(13-11-20)35-36-25-16-14-23(15-17-25)34-30(37)28(44-32(40)21-6-4-8-26(18-21)42-2)29(31(38)39)45-33(41)22-7-5-9-27(19-22)43-3/h4-19,28-29H,1-3H3,(H,34,37)(H,38,39)/t28-,29+/m0/s1. The van der Waals surface area contributed by atoms with Crippen molar-refractivity contribution in [2.45, 2.75) is 19.1 Å². The van der Waals surface area contributed by atoms with Crippen molar-refractivity contribution in [3.8, 4) is 11.5 Å². The molecule has 4 rings (SSSR count). The molecule has 0 saturated carbocycles. The molecule has 0 aliphatic rings. The number of nitrogens with zero attached hydrogens (tertiary/aromatic N) is 2. The van der Waals surface area contributed by atoms with Gasteiger partial charge >= 0.3 is 17.9 Å². The van der Waals surface area contributed by atoms with Crippen LogP contribution in [0.25, 0.3) is 0 Å². The van der Waals surface area contributed by atoms with Crippen LogP contribution in [0.5, 0.6) is 11.5 Å². The minimum absolute atomic E-state index is 0.0290. The number of anilines is 1. The summed E-state index contributed by atoms with van der Waals surface area (Å²) in [5.41, 5.74) is 2.36. The van der Waals surface area contributed by atoms with Crippen LogP contribution in [0, 0.1) is 6.92 Å². The summed E-state index contributed by atoms with van der Waals surface area (Å²) in [5, 5.41) is 20.8. The third-order valence-corrected chi connectivity index (χ3v) is 6.31. The molecule has 1 amide bonds. The average Bonchev–Trinajstić information content (AvgIpc) is 3.06. The van der Waals surface area contributed by atoms with E-state index in [2.05, 4.69) is 15.5 Å². The quantitative estimate of drug-likeness (QED) is 0.147. The summed E-state index contributed by atoms with van der Waals surface area (Å²) in [6, 6.07) is 25.2. The van der Waals surface area contributed by atoms with Crippen LogP contribution in [0.1, 0.15) is 26.3 Å². The lowest BCUT2D eigenvalue weighted by molar-refractivity contribution is -0.157. The molecule has 0 spiro atoms. The van der Waals surface area contributed by atoms with Gasteiger partial charge in [0.2, 0.25) is 12.2 Å². The Labute approximate surface area is 258 Å². The Morgan fingerprint density at radius 3 is 1.60 bits per heavy atom. The van der Waals surface area contributed by atoms with E-state index in [0.717, 1.165) is 5.56 Å². The molecule has 0 aliphatic carbocycles. The normalized spacial score (nSPS) is 12.1. The molecule has 0 bridgehead atoms. The highest BCUT2D eigenvalue weighted by molar-refractivity contribution is 6.01. The summed E-state index contributed by atoms with van der Waals surface area (Å²) >= 11 is 0. The number of rotatable bonds is 12. The molecule has 12 nitrogen and oxygen atoms in total. The zero-order valence-electron chi connectivity index (χ0n) is 24.5. The van der Waals surface area contributed by atoms with Crippen molar-refractivity contribution < 1.29 is 43.2 Å². The van der Waals surface area contributed by atoms with Crippen LogP contribution in [-0.4, -0.2) is 55.3 Å². The first-order valence-electron chi connectivity index (χ1n) is 13.5. The zero-order valence-corrected chi connectivity index (χ0v) is 24.5. The molecule has 0 saturated heterocycles. The zero-order chi connectivity index (χ0) is 32.3. The van der Waals surface area contributed by atoms with Crippen LogP contribution < -0.4 is 14.8 Å². The van der Waals surface area contributed by atoms with Gasteiger partial charge in [0.05, 0.1) is 36.7 Å². The van der Waals surface area contributed by atoms with Crippen LogP contribution >= 0.6 is 0 Å². The van der Waals surface area contributed by atoms with Gasteiger partial charge in [-0.25, -0.2) is 14.4 Å². The Morgan fingerprint density at radius 1 is 0.667 bits per heavy atom. The molecular weight excluding hydrogens is 582 g/mol. The average molecular weight is 612 g/mol. The van der Waals surface area contributed by atoms with Gasteiger partial charge in [-0.3, -0.25) is 4.79 Å². The predicted octanol–water partition coefficient (Wildman–Crippen LogP) is 5.90. The lowest BCUT2D eigenvalue weighted by Gasteiger charge is -2.23. The van der Waals surface area contributed by atoms with E-state index in [1.165, 1.54) is 62.8 Å². The van der Waals surface area contributed by atoms with E-state index >= 15 is 0 Å². The molecule has 2 N–H and O–H groups in total. The van der Waals surface area contributed by atoms with Crippen molar-refractivity contribution in [2.75, 3.05) is 19.5 Å². The highest BCUT2D eigenvalue weighted by Gasteiger charge is 2.41. The number of aryl methyl sites for hydroxylation is 1. The number of benzene rings is 4. The van der Waals surface area contributed by atoms with Crippen molar-refractivity contribution in [3.05, 3.63) is 114 Å². The van der Waals surface area contributed by atoms with Gasteiger partial charge in [-0.1, -0.05) is 29.8 Å². The second kappa shape index (κ2) is 14.9. The highest BCUT2D eigenvalue weighted by atomic mass is 16.6. The van der Waals surface area contributed by atoms with Crippen molar-refractivity contribution in [3.63, 3.8) is 0 Å². The summed E-state index contributed by atoms with van der Waals surface area (Å²) in [5.74, 6) is -4.28. The first-order valence-corrected chi connectivity index (χ1v) is 13.5. The summed E-state index contributed by atoms with van der Waals surface area (Å²) in [7, 11) is 2.79. The molecule has 12 heteroatoms. The topological polar surface area (TPSA) is 162 Å². The van der Waals surface area contributed by atoms with Gasteiger partial charge in [0.15, 0.2) is 0 Å². The van der Waals surface area contributed by atoms with Crippen LogP contribution in [0.4, 0.5) is 17.1 Å². The number of nitrogens with one attached hydrogen (secondary N) is 1.